The van der Waals surface area contributed by atoms with Crippen molar-refractivity contribution in [3.63, 3.8) is 0 Å². The van der Waals surface area contributed by atoms with Crippen LogP contribution in [-0.4, -0.2) is 15.0 Å². The molecule has 0 saturated heterocycles. The first-order valence-electron chi connectivity index (χ1n) is 5.58. The minimum atomic E-state index is -0.253. The largest absolute Gasteiger partial charge is 0.248 e. The summed E-state index contributed by atoms with van der Waals surface area (Å²) in [6.07, 6.45) is 2.86. The molecule has 0 spiro atoms. The standard InChI is InChI=1S/C12H12Br2FN3/c1-2-10(13)12-7-18(17-16-12)6-8-3-4-9(15)5-11(8)14/h3-5,7,10H,2,6H2,1H3. The Morgan fingerprint density at radius 3 is 2.89 bits per heavy atom. The van der Waals surface area contributed by atoms with Crippen LogP contribution in [0.2, 0.25) is 0 Å². The van der Waals surface area contributed by atoms with E-state index < -0.39 is 0 Å². The maximum Gasteiger partial charge on any atom is 0.124 e. The van der Waals surface area contributed by atoms with Gasteiger partial charge in [-0.15, -0.1) is 5.10 Å². The predicted octanol–water partition coefficient (Wildman–Crippen LogP) is 4.07. The summed E-state index contributed by atoms with van der Waals surface area (Å²) in [5.41, 5.74) is 1.88. The zero-order valence-corrected chi connectivity index (χ0v) is 12.9. The van der Waals surface area contributed by atoms with Gasteiger partial charge in [-0.1, -0.05) is 50.1 Å². The van der Waals surface area contributed by atoms with Crippen LogP contribution < -0.4 is 0 Å². The highest BCUT2D eigenvalue weighted by Gasteiger charge is 2.10. The topological polar surface area (TPSA) is 30.7 Å². The van der Waals surface area contributed by atoms with Gasteiger partial charge >= 0.3 is 0 Å². The lowest BCUT2D eigenvalue weighted by Gasteiger charge is -2.04. The molecule has 2 aromatic rings. The van der Waals surface area contributed by atoms with Gasteiger partial charge in [0.25, 0.3) is 0 Å². The van der Waals surface area contributed by atoms with E-state index in [4.69, 9.17) is 0 Å². The van der Waals surface area contributed by atoms with Gasteiger partial charge in [0.2, 0.25) is 0 Å². The van der Waals surface area contributed by atoms with E-state index in [1.807, 2.05) is 6.20 Å². The molecule has 0 fully saturated rings. The molecule has 6 heteroatoms. The average Bonchev–Trinajstić information content (AvgIpc) is 2.80. The summed E-state index contributed by atoms with van der Waals surface area (Å²) in [6, 6.07) is 4.63. The van der Waals surface area contributed by atoms with Crippen molar-refractivity contribution in [3.8, 4) is 0 Å². The zero-order chi connectivity index (χ0) is 13.1. The minimum absolute atomic E-state index is 0.225. The Labute approximate surface area is 122 Å². The fourth-order valence-electron chi connectivity index (χ4n) is 1.57. The van der Waals surface area contributed by atoms with Crippen molar-refractivity contribution >= 4 is 31.9 Å². The first kappa shape index (κ1) is 13.7. The van der Waals surface area contributed by atoms with Crippen molar-refractivity contribution in [1.29, 1.82) is 0 Å². The molecule has 1 aromatic carbocycles. The summed E-state index contributed by atoms with van der Waals surface area (Å²) in [5.74, 6) is -0.253. The Balaban J connectivity index is 2.16. The second-order valence-electron chi connectivity index (χ2n) is 3.95. The lowest BCUT2D eigenvalue weighted by Crippen LogP contribution is -2.01. The number of halogens is 3. The van der Waals surface area contributed by atoms with Crippen LogP contribution >= 0.6 is 31.9 Å². The predicted molar refractivity (Wildman–Crippen MR) is 75.2 cm³/mol. The second-order valence-corrected chi connectivity index (χ2v) is 5.91. The molecular weight excluding hydrogens is 365 g/mol. The summed E-state index contributed by atoms with van der Waals surface area (Å²) in [5, 5.41) is 8.17. The Bertz CT molecular complexity index is 542. The van der Waals surface area contributed by atoms with E-state index in [0.717, 1.165) is 22.2 Å². The SMILES string of the molecule is CCC(Br)c1cn(Cc2ccc(F)cc2Br)nn1. The summed E-state index contributed by atoms with van der Waals surface area (Å²) in [7, 11) is 0. The van der Waals surface area contributed by atoms with Crippen LogP contribution in [-0.2, 0) is 6.54 Å². The van der Waals surface area contributed by atoms with E-state index in [1.165, 1.54) is 12.1 Å². The Kier molecular flexibility index (Phi) is 4.50. The molecule has 0 bridgehead atoms. The van der Waals surface area contributed by atoms with Crippen LogP contribution in [0.3, 0.4) is 0 Å². The Morgan fingerprint density at radius 1 is 1.44 bits per heavy atom. The Hall–Kier alpha value is -0.750. The van der Waals surface area contributed by atoms with Crippen molar-refractivity contribution < 1.29 is 4.39 Å². The Morgan fingerprint density at radius 2 is 2.22 bits per heavy atom. The monoisotopic (exact) mass is 375 g/mol. The fourth-order valence-corrected chi connectivity index (χ4v) is 2.25. The highest BCUT2D eigenvalue weighted by Crippen LogP contribution is 2.24. The van der Waals surface area contributed by atoms with E-state index >= 15 is 0 Å². The minimum Gasteiger partial charge on any atom is -0.248 e. The van der Waals surface area contributed by atoms with Gasteiger partial charge in [-0.25, -0.2) is 9.07 Å². The lowest BCUT2D eigenvalue weighted by molar-refractivity contribution is 0.619. The fraction of sp³-hybridized carbons (Fsp3) is 0.333. The first-order chi connectivity index (χ1) is 8.60. The van der Waals surface area contributed by atoms with E-state index in [0.29, 0.717) is 6.54 Å². The molecule has 18 heavy (non-hydrogen) atoms. The number of alkyl halides is 1. The molecule has 2 rings (SSSR count). The third-order valence-electron chi connectivity index (χ3n) is 2.58. The normalized spacial score (nSPS) is 12.7. The molecule has 1 aromatic heterocycles. The number of hydrogen-bond acceptors (Lipinski definition) is 2. The van der Waals surface area contributed by atoms with Gasteiger partial charge in [0.15, 0.2) is 0 Å². The van der Waals surface area contributed by atoms with Crippen molar-refractivity contribution in [2.45, 2.75) is 24.7 Å². The first-order valence-corrected chi connectivity index (χ1v) is 7.29. The lowest BCUT2D eigenvalue weighted by atomic mass is 10.2. The maximum atomic E-state index is 13.0. The van der Waals surface area contributed by atoms with E-state index in [1.54, 1.807) is 10.7 Å². The molecule has 1 atom stereocenters. The summed E-state index contributed by atoms with van der Waals surface area (Å²) in [6.45, 7) is 2.65. The van der Waals surface area contributed by atoms with Gasteiger partial charge < -0.3 is 0 Å². The maximum absolute atomic E-state index is 13.0. The highest BCUT2D eigenvalue weighted by molar-refractivity contribution is 9.10. The zero-order valence-electron chi connectivity index (χ0n) is 9.78. The van der Waals surface area contributed by atoms with Gasteiger partial charge in [0.1, 0.15) is 5.82 Å². The van der Waals surface area contributed by atoms with Gasteiger partial charge in [-0.2, -0.15) is 0 Å². The molecule has 0 aliphatic rings. The van der Waals surface area contributed by atoms with E-state index in [-0.39, 0.29) is 10.6 Å². The second kappa shape index (κ2) is 5.93. The number of rotatable bonds is 4. The molecule has 0 amide bonds. The van der Waals surface area contributed by atoms with E-state index in [2.05, 4.69) is 49.1 Å². The number of hydrogen-bond donors (Lipinski definition) is 0. The van der Waals surface area contributed by atoms with E-state index in [9.17, 15) is 4.39 Å². The van der Waals surface area contributed by atoms with Crippen molar-refractivity contribution in [3.05, 3.63) is 45.9 Å². The van der Waals surface area contributed by atoms with Crippen LogP contribution in [0.25, 0.3) is 0 Å². The third kappa shape index (κ3) is 3.17. The highest BCUT2D eigenvalue weighted by atomic mass is 79.9. The molecule has 0 aliphatic carbocycles. The van der Waals surface area contributed by atoms with Gasteiger partial charge in [0, 0.05) is 10.7 Å². The number of nitrogens with zero attached hydrogens (tertiary/aromatic N) is 3. The quantitative estimate of drug-likeness (QED) is 0.753. The molecule has 96 valence electrons. The smallest absolute Gasteiger partial charge is 0.124 e. The molecule has 1 heterocycles. The third-order valence-corrected chi connectivity index (χ3v) is 4.44. The van der Waals surface area contributed by atoms with Crippen LogP contribution in [0.15, 0.2) is 28.9 Å². The van der Waals surface area contributed by atoms with Gasteiger partial charge in [-0.3, -0.25) is 0 Å². The molecule has 3 nitrogen and oxygen atoms in total. The summed E-state index contributed by atoms with van der Waals surface area (Å²) in [4.78, 5) is 0.225. The van der Waals surface area contributed by atoms with Crippen LogP contribution in [0.1, 0.15) is 29.4 Å². The van der Waals surface area contributed by atoms with Crippen molar-refractivity contribution in [1.82, 2.24) is 15.0 Å². The molecular formula is C12H12Br2FN3. The van der Waals surface area contributed by atoms with Crippen molar-refractivity contribution in [2.75, 3.05) is 0 Å². The van der Waals surface area contributed by atoms with Crippen molar-refractivity contribution in [2.24, 2.45) is 0 Å². The average molecular weight is 377 g/mol. The molecule has 0 radical (unpaired) electrons. The van der Waals surface area contributed by atoms with Crippen LogP contribution in [0, 0.1) is 5.82 Å². The van der Waals surface area contributed by atoms with Gasteiger partial charge in [0.05, 0.1) is 17.1 Å². The molecule has 0 N–H and O–H groups in total. The summed E-state index contributed by atoms with van der Waals surface area (Å²) < 4.78 is 15.5. The molecule has 0 aliphatic heterocycles. The molecule has 0 saturated carbocycles. The van der Waals surface area contributed by atoms with Gasteiger partial charge in [-0.05, 0) is 24.1 Å². The number of benzene rings is 1. The van der Waals surface area contributed by atoms with Crippen LogP contribution in [0.5, 0.6) is 0 Å². The number of aromatic nitrogens is 3. The molecule has 1 unspecified atom stereocenters. The van der Waals surface area contributed by atoms with Crippen LogP contribution in [0.4, 0.5) is 4.39 Å². The summed E-state index contributed by atoms with van der Waals surface area (Å²) >= 11 is 6.88.